The van der Waals surface area contributed by atoms with Gasteiger partial charge in [-0.15, -0.1) is 0 Å². The zero-order valence-corrected chi connectivity index (χ0v) is 17.7. The van der Waals surface area contributed by atoms with Crippen LogP contribution in [0.1, 0.15) is 55.9 Å². The molecule has 0 bridgehead atoms. The molecular weight excluding hydrogens is 396 g/mol. The highest BCUT2D eigenvalue weighted by molar-refractivity contribution is 6.04. The van der Waals surface area contributed by atoms with Gasteiger partial charge in [0, 0.05) is 23.7 Å². The predicted octanol–water partition coefficient (Wildman–Crippen LogP) is 1.21. The van der Waals surface area contributed by atoms with Gasteiger partial charge in [0.15, 0.2) is 5.69 Å². The Morgan fingerprint density at radius 3 is 2.84 bits per heavy atom. The van der Waals surface area contributed by atoms with Gasteiger partial charge in [0.05, 0.1) is 11.7 Å². The summed E-state index contributed by atoms with van der Waals surface area (Å²) in [7, 11) is 0. The van der Waals surface area contributed by atoms with Gasteiger partial charge in [-0.25, -0.2) is 0 Å². The molecule has 2 aromatic rings. The molecule has 9 nitrogen and oxygen atoms in total. The van der Waals surface area contributed by atoms with E-state index in [0.29, 0.717) is 22.7 Å². The predicted molar refractivity (Wildman–Crippen MR) is 113 cm³/mol. The molecule has 1 saturated heterocycles. The quantitative estimate of drug-likeness (QED) is 0.747. The van der Waals surface area contributed by atoms with Crippen molar-refractivity contribution in [2.75, 3.05) is 0 Å². The number of carbonyl (C=O) groups excluding carboxylic acids is 3. The number of carbonyl (C=O) groups is 3. The molecule has 0 unspecified atom stereocenters. The lowest BCUT2D eigenvalue weighted by Crippen LogP contribution is -2.51. The van der Waals surface area contributed by atoms with E-state index in [-0.39, 0.29) is 36.1 Å². The molecule has 5 atom stereocenters. The van der Waals surface area contributed by atoms with Gasteiger partial charge in [-0.3, -0.25) is 24.0 Å². The number of hydrogen-bond donors (Lipinski definition) is 2. The van der Waals surface area contributed by atoms with Gasteiger partial charge < -0.3 is 16.0 Å². The van der Waals surface area contributed by atoms with Gasteiger partial charge in [-0.2, -0.15) is 5.10 Å². The largest absolute Gasteiger partial charge is 0.364 e. The number of pyridine rings is 1. The maximum Gasteiger partial charge on any atom is 0.269 e. The first-order valence-electron chi connectivity index (χ1n) is 11.1. The van der Waals surface area contributed by atoms with Crippen LogP contribution in [0, 0.1) is 11.8 Å². The van der Waals surface area contributed by atoms with Crippen molar-refractivity contribution in [2.45, 2.75) is 70.1 Å². The van der Waals surface area contributed by atoms with Gasteiger partial charge in [0.2, 0.25) is 11.8 Å². The van der Waals surface area contributed by atoms with Crippen LogP contribution in [0.4, 0.5) is 0 Å². The van der Waals surface area contributed by atoms with Crippen LogP contribution >= 0.6 is 0 Å². The molecule has 3 amide bonds. The van der Waals surface area contributed by atoms with E-state index in [1.54, 1.807) is 23.4 Å². The number of hydrogen-bond acceptors (Lipinski definition) is 5. The van der Waals surface area contributed by atoms with Crippen molar-refractivity contribution in [3.63, 3.8) is 0 Å². The zero-order valence-electron chi connectivity index (χ0n) is 17.7. The third-order valence-corrected chi connectivity index (χ3v) is 7.05. The molecule has 3 aliphatic rings. The van der Waals surface area contributed by atoms with Crippen LogP contribution in [0.2, 0.25) is 0 Å². The van der Waals surface area contributed by atoms with E-state index in [1.807, 2.05) is 0 Å². The number of primary amides is 1. The third-order valence-electron chi connectivity index (χ3n) is 7.05. The molecule has 2 saturated carbocycles. The Labute approximate surface area is 180 Å². The fourth-order valence-corrected chi connectivity index (χ4v) is 5.44. The van der Waals surface area contributed by atoms with E-state index in [1.165, 1.54) is 11.1 Å². The molecule has 0 radical (unpaired) electrons. The fourth-order valence-electron chi connectivity index (χ4n) is 5.44. The maximum atomic E-state index is 13.3. The van der Waals surface area contributed by atoms with Crippen molar-refractivity contribution in [3.8, 4) is 0 Å². The number of rotatable bonds is 5. The van der Waals surface area contributed by atoms with E-state index in [0.717, 1.165) is 32.1 Å². The summed E-state index contributed by atoms with van der Waals surface area (Å²) >= 11 is 0. The lowest BCUT2D eigenvalue weighted by atomic mass is 9.87. The summed E-state index contributed by atoms with van der Waals surface area (Å²) in [6.07, 6.45) is 9.15. The van der Waals surface area contributed by atoms with E-state index in [9.17, 15) is 14.4 Å². The summed E-state index contributed by atoms with van der Waals surface area (Å²) in [6.45, 7) is 2.17. The molecule has 5 rings (SSSR count). The van der Waals surface area contributed by atoms with E-state index < -0.39 is 11.9 Å². The number of amides is 3. The van der Waals surface area contributed by atoms with Crippen molar-refractivity contribution in [1.29, 1.82) is 0 Å². The van der Waals surface area contributed by atoms with Gasteiger partial charge in [-0.1, -0.05) is 19.8 Å². The number of nitrogens with zero attached hydrogens (tertiary/aromatic N) is 4. The molecule has 0 spiro atoms. The standard InChI is InChI=1S/C22H28N6O3/c1-12-3-2-4-14(7-12)25-22(31)17-9-13-8-16(13)28(17)19(29)11-27-18-10-24-6-5-15(18)20(26-27)21(23)30/h5-6,10,12-14,16-17H,2-4,7-9,11H2,1H3,(H2,23,30)(H,25,31)/t12-,13+,14+,16+,17-/m0/s1. The Kier molecular flexibility index (Phi) is 4.91. The molecule has 3 heterocycles. The Bertz CT molecular complexity index is 1050. The van der Waals surface area contributed by atoms with Crippen LogP contribution in [-0.2, 0) is 16.1 Å². The van der Waals surface area contributed by atoms with E-state index >= 15 is 0 Å². The Morgan fingerprint density at radius 1 is 1.23 bits per heavy atom. The van der Waals surface area contributed by atoms with Crippen molar-refractivity contribution < 1.29 is 14.4 Å². The first-order valence-corrected chi connectivity index (χ1v) is 11.1. The molecule has 2 aliphatic carbocycles. The van der Waals surface area contributed by atoms with Crippen LogP contribution in [-0.4, -0.2) is 55.5 Å². The molecule has 3 fully saturated rings. The Balaban J connectivity index is 1.33. The molecule has 0 aromatic carbocycles. The maximum absolute atomic E-state index is 13.3. The van der Waals surface area contributed by atoms with Crippen LogP contribution in [0.15, 0.2) is 18.5 Å². The first-order chi connectivity index (χ1) is 14.9. The summed E-state index contributed by atoms with van der Waals surface area (Å²) < 4.78 is 1.47. The number of fused-ring (bicyclic) bond motifs is 2. The second kappa shape index (κ2) is 7.62. The molecule has 164 valence electrons. The van der Waals surface area contributed by atoms with Gasteiger partial charge in [0.25, 0.3) is 5.91 Å². The number of nitrogens with one attached hydrogen (secondary N) is 1. The van der Waals surface area contributed by atoms with Crippen LogP contribution in [0.25, 0.3) is 10.9 Å². The number of aromatic nitrogens is 3. The summed E-state index contributed by atoms with van der Waals surface area (Å²) in [4.78, 5) is 43.9. The van der Waals surface area contributed by atoms with E-state index in [2.05, 4.69) is 22.3 Å². The molecule has 2 aromatic heterocycles. The van der Waals surface area contributed by atoms with Gasteiger partial charge in [-0.05, 0) is 43.6 Å². The third kappa shape index (κ3) is 3.66. The molecule has 31 heavy (non-hydrogen) atoms. The number of nitrogens with two attached hydrogens (primary N) is 1. The highest BCUT2D eigenvalue weighted by atomic mass is 16.2. The highest BCUT2D eigenvalue weighted by Gasteiger charge is 2.56. The van der Waals surface area contributed by atoms with Crippen LogP contribution in [0.5, 0.6) is 0 Å². The summed E-state index contributed by atoms with van der Waals surface area (Å²) in [6, 6.07) is 1.56. The summed E-state index contributed by atoms with van der Waals surface area (Å²) in [5.41, 5.74) is 6.15. The van der Waals surface area contributed by atoms with Crippen molar-refractivity contribution in [2.24, 2.45) is 17.6 Å². The van der Waals surface area contributed by atoms with Crippen molar-refractivity contribution >= 4 is 28.6 Å². The molecule has 3 N–H and O–H groups in total. The van der Waals surface area contributed by atoms with Crippen molar-refractivity contribution in [1.82, 2.24) is 25.0 Å². The second-order valence-corrected chi connectivity index (χ2v) is 9.36. The lowest BCUT2D eigenvalue weighted by molar-refractivity contribution is -0.140. The Hall–Kier alpha value is -2.97. The minimum atomic E-state index is -0.648. The molecule has 9 heteroatoms. The molecule has 1 aliphatic heterocycles. The second-order valence-electron chi connectivity index (χ2n) is 9.36. The smallest absolute Gasteiger partial charge is 0.269 e. The zero-order chi connectivity index (χ0) is 21.7. The van der Waals surface area contributed by atoms with Crippen LogP contribution < -0.4 is 11.1 Å². The number of likely N-dealkylation sites (tertiary alicyclic amines) is 1. The minimum absolute atomic E-state index is 0.0375. The summed E-state index contributed by atoms with van der Waals surface area (Å²) in [5.74, 6) is 0.179. The first kappa shape index (κ1) is 20.0. The average molecular weight is 425 g/mol. The SMILES string of the molecule is C[C@H]1CCC[C@@H](NC(=O)[C@@H]2C[C@H]3C[C@H]3N2C(=O)Cn2nc(C(N)=O)c3ccncc32)C1. The molecular formula is C22H28N6O3. The topological polar surface area (TPSA) is 123 Å². The van der Waals surface area contributed by atoms with Gasteiger partial charge in [0.1, 0.15) is 12.6 Å². The van der Waals surface area contributed by atoms with Gasteiger partial charge >= 0.3 is 0 Å². The lowest BCUT2D eigenvalue weighted by Gasteiger charge is -2.31. The monoisotopic (exact) mass is 424 g/mol. The minimum Gasteiger partial charge on any atom is -0.364 e. The highest BCUT2D eigenvalue weighted by Crippen LogP contribution is 2.48. The van der Waals surface area contributed by atoms with Crippen LogP contribution in [0.3, 0.4) is 0 Å². The normalized spacial score (nSPS) is 29.6. The van der Waals surface area contributed by atoms with Crippen molar-refractivity contribution in [3.05, 3.63) is 24.2 Å². The average Bonchev–Trinajstić information content (AvgIpc) is 3.24. The van der Waals surface area contributed by atoms with E-state index in [4.69, 9.17) is 5.73 Å². The number of piperidine rings is 1. The Morgan fingerprint density at radius 2 is 2.06 bits per heavy atom. The fraction of sp³-hybridized carbons (Fsp3) is 0.591. The summed E-state index contributed by atoms with van der Waals surface area (Å²) in [5, 5.41) is 8.04.